The van der Waals surface area contributed by atoms with Gasteiger partial charge >= 0.3 is 0 Å². The number of nitrogens with one attached hydrogen (secondary N) is 1. The number of aromatic nitrogens is 4. The van der Waals surface area contributed by atoms with Crippen LogP contribution in [0, 0.1) is 6.92 Å². The van der Waals surface area contributed by atoms with E-state index < -0.39 is 10.0 Å². The van der Waals surface area contributed by atoms with Crippen molar-refractivity contribution < 1.29 is 13.2 Å². The Morgan fingerprint density at radius 1 is 1.05 bits per heavy atom. The molecule has 8 nitrogen and oxygen atoms in total. The van der Waals surface area contributed by atoms with Crippen LogP contribution < -0.4 is 9.46 Å². The summed E-state index contributed by atoms with van der Waals surface area (Å²) in [7, 11) is -1.80. The van der Waals surface area contributed by atoms with Crippen molar-refractivity contribution in [2.24, 2.45) is 7.05 Å². The highest BCUT2D eigenvalue weighted by Gasteiger charge is 2.17. The Hall–Kier alpha value is -3.79. The van der Waals surface area contributed by atoms with E-state index in [1.54, 1.807) is 30.6 Å². The molecule has 10 heteroatoms. The maximum absolute atomic E-state index is 12.7. The summed E-state index contributed by atoms with van der Waals surface area (Å²) in [5, 5.41) is 5.62. The first kappa shape index (κ1) is 24.9. The topological polar surface area (TPSA) is 99.0 Å². The Labute approximate surface area is 220 Å². The van der Waals surface area contributed by atoms with Crippen molar-refractivity contribution in [1.29, 1.82) is 0 Å². The Morgan fingerprint density at radius 3 is 2.62 bits per heavy atom. The summed E-state index contributed by atoms with van der Waals surface area (Å²) in [6.45, 7) is 2.06. The van der Waals surface area contributed by atoms with Gasteiger partial charge in [0.1, 0.15) is 17.9 Å². The highest BCUT2D eigenvalue weighted by Crippen LogP contribution is 2.33. The minimum Gasteiger partial charge on any atom is -0.487 e. The number of sulfonamides is 1. The number of halogens is 1. The number of ether oxygens (including phenoxy) is 1. The molecule has 0 bridgehead atoms. The number of hydrogen-bond donors (Lipinski definition) is 1. The predicted octanol–water partition coefficient (Wildman–Crippen LogP) is 5.05. The molecule has 5 aromatic rings. The summed E-state index contributed by atoms with van der Waals surface area (Å²) in [6.07, 6.45) is 4.86. The van der Waals surface area contributed by atoms with E-state index in [4.69, 9.17) is 21.3 Å². The fourth-order valence-electron chi connectivity index (χ4n) is 4.14. The highest BCUT2D eigenvalue weighted by molar-refractivity contribution is 7.89. The van der Waals surface area contributed by atoms with Crippen molar-refractivity contribution in [3.63, 3.8) is 0 Å². The van der Waals surface area contributed by atoms with Crippen LogP contribution in [-0.2, 0) is 30.2 Å². The molecule has 0 unspecified atom stereocenters. The Balaban J connectivity index is 1.43. The van der Waals surface area contributed by atoms with E-state index in [0.29, 0.717) is 21.9 Å². The minimum absolute atomic E-state index is 0.0149. The summed E-state index contributed by atoms with van der Waals surface area (Å²) in [5.74, 6) is 0.591. The smallest absolute Gasteiger partial charge is 0.240 e. The second kappa shape index (κ2) is 10.3. The summed E-state index contributed by atoms with van der Waals surface area (Å²) < 4.78 is 36.1. The lowest BCUT2D eigenvalue weighted by atomic mass is 10.0. The Morgan fingerprint density at radius 2 is 1.86 bits per heavy atom. The first-order valence-corrected chi connectivity index (χ1v) is 13.4. The maximum Gasteiger partial charge on any atom is 0.240 e. The molecule has 0 spiro atoms. The van der Waals surface area contributed by atoms with Gasteiger partial charge in [0.15, 0.2) is 0 Å². The van der Waals surface area contributed by atoms with E-state index in [1.165, 1.54) is 18.3 Å². The molecule has 2 aromatic carbocycles. The van der Waals surface area contributed by atoms with Crippen LogP contribution in [0.15, 0.2) is 84.1 Å². The number of nitrogens with zero attached hydrogens (tertiary/aromatic N) is 4. The number of pyridine rings is 2. The van der Waals surface area contributed by atoms with Crippen molar-refractivity contribution in [3.8, 4) is 17.0 Å². The molecule has 0 amide bonds. The summed E-state index contributed by atoms with van der Waals surface area (Å²) >= 11 is 6.47. The first-order valence-electron chi connectivity index (χ1n) is 11.5. The van der Waals surface area contributed by atoms with Gasteiger partial charge < -0.3 is 4.74 Å². The van der Waals surface area contributed by atoms with Gasteiger partial charge in [-0.05, 0) is 42.8 Å². The number of fused-ring (bicyclic) bond motifs is 1. The zero-order valence-electron chi connectivity index (χ0n) is 20.2. The maximum atomic E-state index is 12.7. The average molecular weight is 534 g/mol. The molecule has 0 aliphatic rings. The molecule has 0 atom stereocenters. The summed E-state index contributed by atoms with van der Waals surface area (Å²) in [6, 6.07) is 17.9. The molecular formula is C27H24ClN5O3S. The van der Waals surface area contributed by atoms with Crippen molar-refractivity contribution in [1.82, 2.24) is 24.5 Å². The fourth-order valence-corrected chi connectivity index (χ4v) is 5.40. The molecule has 0 saturated carbocycles. The van der Waals surface area contributed by atoms with E-state index in [9.17, 15) is 8.42 Å². The molecule has 3 aromatic heterocycles. The molecule has 0 radical (unpaired) electrons. The molecule has 0 aliphatic carbocycles. The lowest BCUT2D eigenvalue weighted by Crippen LogP contribution is -2.24. The van der Waals surface area contributed by atoms with E-state index >= 15 is 0 Å². The van der Waals surface area contributed by atoms with Crippen molar-refractivity contribution in [3.05, 3.63) is 101 Å². The largest absolute Gasteiger partial charge is 0.487 e. The molecule has 0 aliphatic heterocycles. The Kier molecular flexibility index (Phi) is 6.92. The number of aryl methyl sites for hydroxylation is 2. The lowest BCUT2D eigenvalue weighted by Gasteiger charge is -2.15. The van der Waals surface area contributed by atoms with Crippen LogP contribution in [0.25, 0.3) is 22.2 Å². The van der Waals surface area contributed by atoms with Crippen LogP contribution >= 0.6 is 11.6 Å². The summed E-state index contributed by atoms with van der Waals surface area (Å²) in [5.41, 5.74) is 4.80. The zero-order chi connectivity index (χ0) is 26.0. The quantitative estimate of drug-likeness (QED) is 0.300. The van der Waals surface area contributed by atoms with E-state index in [2.05, 4.69) is 14.8 Å². The Bertz CT molecular complexity index is 1690. The summed E-state index contributed by atoms with van der Waals surface area (Å²) in [4.78, 5) is 9.07. The van der Waals surface area contributed by atoms with Crippen molar-refractivity contribution >= 4 is 32.5 Å². The van der Waals surface area contributed by atoms with Crippen LogP contribution in [0.4, 0.5) is 0 Å². The van der Waals surface area contributed by atoms with Crippen LogP contribution in [0.3, 0.4) is 0 Å². The molecule has 1 N–H and O–H groups in total. The van der Waals surface area contributed by atoms with E-state index in [1.807, 2.05) is 49.0 Å². The average Bonchev–Trinajstić information content (AvgIpc) is 3.32. The monoisotopic (exact) mass is 533 g/mol. The third kappa shape index (κ3) is 5.20. The molecule has 188 valence electrons. The number of rotatable bonds is 8. The zero-order valence-corrected chi connectivity index (χ0v) is 21.8. The van der Waals surface area contributed by atoms with Crippen molar-refractivity contribution in [2.75, 3.05) is 0 Å². The minimum atomic E-state index is -3.70. The van der Waals surface area contributed by atoms with Gasteiger partial charge in [0.05, 0.1) is 15.6 Å². The molecule has 3 heterocycles. The number of hydrogen-bond acceptors (Lipinski definition) is 6. The molecule has 0 saturated heterocycles. The molecule has 5 rings (SSSR count). The lowest BCUT2D eigenvalue weighted by molar-refractivity contribution is 0.308. The van der Waals surface area contributed by atoms with Gasteiger partial charge in [-0.25, -0.2) is 18.1 Å². The van der Waals surface area contributed by atoms with Crippen LogP contribution in [0.5, 0.6) is 5.75 Å². The van der Waals surface area contributed by atoms with Gasteiger partial charge in [-0.15, -0.1) is 0 Å². The van der Waals surface area contributed by atoms with Gasteiger partial charge in [-0.1, -0.05) is 41.9 Å². The van der Waals surface area contributed by atoms with Gasteiger partial charge in [-0.2, -0.15) is 5.10 Å². The van der Waals surface area contributed by atoms with Gasteiger partial charge in [0, 0.05) is 54.4 Å². The van der Waals surface area contributed by atoms with Gasteiger partial charge in [0.2, 0.25) is 10.0 Å². The molecular weight excluding hydrogens is 510 g/mol. The number of benzene rings is 2. The van der Waals surface area contributed by atoms with E-state index in [0.717, 1.165) is 27.9 Å². The van der Waals surface area contributed by atoms with Crippen molar-refractivity contribution in [2.45, 2.75) is 25.0 Å². The second-order valence-corrected chi connectivity index (χ2v) is 10.7. The molecule has 0 fully saturated rings. The normalized spacial score (nSPS) is 11.6. The molecule has 37 heavy (non-hydrogen) atoms. The van der Waals surface area contributed by atoms with Crippen LogP contribution in [0.2, 0.25) is 5.02 Å². The third-order valence-electron chi connectivity index (χ3n) is 6.00. The standard InChI is InChI=1S/C27H24ClN5O3S/c1-18-13-22(25-11-12-30-33(25)2)21-9-6-10-26(27(21)32-18)36-17-23-19(14-29-16-24(23)28)15-31-37(34,35)20-7-4-3-5-8-20/h3-14,16,31H,15,17H2,1-2H3. The highest BCUT2D eigenvalue weighted by atomic mass is 35.5. The van der Waals surface area contributed by atoms with E-state index in [-0.39, 0.29) is 18.0 Å². The van der Waals surface area contributed by atoms with Gasteiger partial charge in [-0.3, -0.25) is 9.67 Å². The van der Waals surface area contributed by atoms with Crippen LogP contribution in [0.1, 0.15) is 16.8 Å². The van der Waals surface area contributed by atoms with Gasteiger partial charge in [0.25, 0.3) is 0 Å². The third-order valence-corrected chi connectivity index (χ3v) is 7.74. The predicted molar refractivity (Wildman–Crippen MR) is 143 cm³/mol. The SMILES string of the molecule is Cc1cc(-c2ccnn2C)c2cccc(OCc3c(Cl)cncc3CNS(=O)(=O)c3ccccc3)c2n1. The fraction of sp³-hybridized carbons (Fsp3) is 0.148. The first-order chi connectivity index (χ1) is 17.8. The van der Waals surface area contributed by atoms with Crippen LogP contribution in [-0.4, -0.2) is 28.2 Å². The number of para-hydroxylation sites is 1. The second-order valence-electron chi connectivity index (χ2n) is 8.49.